The quantitative estimate of drug-likeness (QED) is 0.910. The molecule has 19 heavy (non-hydrogen) atoms. The van der Waals surface area contributed by atoms with Crippen LogP contribution in [0.15, 0.2) is 35.7 Å². The van der Waals surface area contributed by atoms with E-state index in [2.05, 4.69) is 41.0 Å². The summed E-state index contributed by atoms with van der Waals surface area (Å²) in [7, 11) is 0. The topological polar surface area (TPSA) is 21.3 Å². The van der Waals surface area contributed by atoms with Gasteiger partial charge in [-0.05, 0) is 60.9 Å². The SMILES string of the molecule is CCOc1ccc2c(c1)CC(Cc1cccs1)CN2. The maximum atomic E-state index is 5.59. The molecule has 1 unspecified atom stereocenters. The standard InChI is InChI=1S/C16H19NOS/c1-2-18-14-5-6-16-13(10-14)8-12(11-17-16)9-15-4-3-7-19-15/h3-7,10,12,17H,2,8-9,11H2,1H3. The smallest absolute Gasteiger partial charge is 0.119 e. The summed E-state index contributed by atoms with van der Waals surface area (Å²) in [5, 5.41) is 5.70. The number of thiophene rings is 1. The molecule has 2 aromatic rings. The predicted octanol–water partition coefficient (Wildman–Crippen LogP) is 3.97. The lowest BCUT2D eigenvalue weighted by atomic mass is 9.91. The molecule has 0 saturated carbocycles. The second-order valence-corrected chi connectivity index (χ2v) is 6.02. The van der Waals surface area contributed by atoms with Crippen LogP contribution in [0.1, 0.15) is 17.4 Å². The van der Waals surface area contributed by atoms with Crippen LogP contribution in [0.5, 0.6) is 5.75 Å². The first-order valence-corrected chi connectivity index (χ1v) is 7.75. The van der Waals surface area contributed by atoms with Gasteiger partial charge in [0, 0.05) is 17.1 Å². The minimum atomic E-state index is 0.683. The Kier molecular flexibility index (Phi) is 3.74. The van der Waals surface area contributed by atoms with Gasteiger partial charge in [-0.3, -0.25) is 0 Å². The third-order valence-corrected chi connectivity index (χ3v) is 4.45. The number of fused-ring (bicyclic) bond motifs is 1. The van der Waals surface area contributed by atoms with Crippen LogP contribution >= 0.6 is 11.3 Å². The van der Waals surface area contributed by atoms with Gasteiger partial charge in [0.2, 0.25) is 0 Å². The highest BCUT2D eigenvalue weighted by Gasteiger charge is 2.19. The number of nitrogens with one attached hydrogen (secondary N) is 1. The van der Waals surface area contributed by atoms with Crippen LogP contribution in [0.3, 0.4) is 0 Å². The van der Waals surface area contributed by atoms with Gasteiger partial charge in [-0.25, -0.2) is 0 Å². The van der Waals surface area contributed by atoms with Gasteiger partial charge in [-0.1, -0.05) is 6.07 Å². The van der Waals surface area contributed by atoms with Crippen molar-refractivity contribution in [2.75, 3.05) is 18.5 Å². The van der Waals surface area contributed by atoms with Crippen molar-refractivity contribution in [1.29, 1.82) is 0 Å². The van der Waals surface area contributed by atoms with E-state index in [1.807, 2.05) is 18.3 Å². The van der Waals surface area contributed by atoms with E-state index < -0.39 is 0 Å². The minimum Gasteiger partial charge on any atom is -0.494 e. The molecule has 0 radical (unpaired) electrons. The van der Waals surface area contributed by atoms with Crippen molar-refractivity contribution >= 4 is 17.0 Å². The molecule has 2 nitrogen and oxygen atoms in total. The zero-order valence-corrected chi connectivity index (χ0v) is 12.0. The molecule has 0 saturated heterocycles. The van der Waals surface area contributed by atoms with Gasteiger partial charge < -0.3 is 10.1 Å². The molecule has 0 fully saturated rings. The molecule has 1 N–H and O–H groups in total. The summed E-state index contributed by atoms with van der Waals surface area (Å²) < 4.78 is 5.59. The maximum Gasteiger partial charge on any atom is 0.119 e. The number of hydrogen-bond acceptors (Lipinski definition) is 3. The third kappa shape index (κ3) is 2.92. The van der Waals surface area contributed by atoms with Gasteiger partial charge >= 0.3 is 0 Å². The summed E-state index contributed by atoms with van der Waals surface area (Å²) in [6.45, 7) is 3.82. The maximum absolute atomic E-state index is 5.59. The molecule has 0 bridgehead atoms. The first kappa shape index (κ1) is 12.5. The van der Waals surface area contributed by atoms with Crippen molar-refractivity contribution in [2.45, 2.75) is 19.8 Å². The molecule has 3 heteroatoms. The molecule has 1 aliphatic heterocycles. The molecular weight excluding hydrogens is 254 g/mol. The average Bonchev–Trinajstić information content (AvgIpc) is 2.92. The molecule has 0 spiro atoms. The lowest BCUT2D eigenvalue weighted by Crippen LogP contribution is -2.24. The molecule has 1 atom stereocenters. The van der Waals surface area contributed by atoms with Crippen LogP contribution in [0, 0.1) is 5.92 Å². The van der Waals surface area contributed by atoms with E-state index in [0.717, 1.165) is 25.3 Å². The highest BCUT2D eigenvalue weighted by molar-refractivity contribution is 7.09. The Balaban J connectivity index is 1.72. The normalized spacial score (nSPS) is 17.6. The van der Waals surface area contributed by atoms with Crippen molar-refractivity contribution in [3.05, 3.63) is 46.2 Å². The zero-order chi connectivity index (χ0) is 13.1. The van der Waals surface area contributed by atoms with Gasteiger partial charge in [0.1, 0.15) is 5.75 Å². The summed E-state index contributed by atoms with van der Waals surface area (Å²) in [6, 6.07) is 10.7. The lowest BCUT2D eigenvalue weighted by molar-refractivity contribution is 0.339. The Hall–Kier alpha value is -1.48. The Labute approximate surface area is 118 Å². The van der Waals surface area contributed by atoms with Crippen LogP contribution in [0.25, 0.3) is 0 Å². The molecule has 1 aliphatic rings. The Morgan fingerprint density at radius 2 is 2.32 bits per heavy atom. The van der Waals surface area contributed by atoms with Gasteiger partial charge in [-0.2, -0.15) is 0 Å². The molecule has 0 amide bonds. The van der Waals surface area contributed by atoms with Crippen LogP contribution in [0.4, 0.5) is 5.69 Å². The summed E-state index contributed by atoms with van der Waals surface area (Å²) in [4.78, 5) is 1.48. The van der Waals surface area contributed by atoms with Crippen molar-refractivity contribution in [3.63, 3.8) is 0 Å². The highest BCUT2D eigenvalue weighted by atomic mass is 32.1. The van der Waals surface area contributed by atoms with E-state index in [4.69, 9.17) is 4.74 Å². The Morgan fingerprint density at radius 3 is 3.11 bits per heavy atom. The fraction of sp³-hybridized carbons (Fsp3) is 0.375. The first-order valence-electron chi connectivity index (χ1n) is 6.87. The zero-order valence-electron chi connectivity index (χ0n) is 11.2. The number of anilines is 1. The summed E-state index contributed by atoms with van der Waals surface area (Å²) >= 11 is 1.86. The second kappa shape index (κ2) is 5.66. The van der Waals surface area contributed by atoms with Crippen molar-refractivity contribution in [3.8, 4) is 5.75 Å². The molecule has 2 heterocycles. The number of hydrogen-bond donors (Lipinski definition) is 1. The average molecular weight is 273 g/mol. The van der Waals surface area contributed by atoms with Gasteiger partial charge in [0.15, 0.2) is 0 Å². The molecule has 1 aromatic carbocycles. The Morgan fingerprint density at radius 1 is 1.37 bits per heavy atom. The van der Waals surface area contributed by atoms with Gasteiger partial charge in [0.05, 0.1) is 6.61 Å². The molecule has 0 aliphatic carbocycles. The van der Waals surface area contributed by atoms with E-state index in [9.17, 15) is 0 Å². The van der Waals surface area contributed by atoms with Crippen molar-refractivity contribution < 1.29 is 4.74 Å². The van der Waals surface area contributed by atoms with Gasteiger partial charge in [0.25, 0.3) is 0 Å². The molecule has 100 valence electrons. The van der Waals surface area contributed by atoms with Crippen molar-refractivity contribution in [2.24, 2.45) is 5.92 Å². The fourth-order valence-electron chi connectivity index (χ4n) is 2.66. The summed E-state index contributed by atoms with van der Waals surface area (Å²) in [5.41, 5.74) is 2.66. The predicted molar refractivity (Wildman–Crippen MR) is 81.3 cm³/mol. The minimum absolute atomic E-state index is 0.683. The highest BCUT2D eigenvalue weighted by Crippen LogP contribution is 2.30. The third-order valence-electron chi connectivity index (χ3n) is 3.55. The summed E-state index contributed by atoms with van der Waals surface area (Å²) in [5.74, 6) is 1.67. The first-order chi connectivity index (χ1) is 9.35. The largest absolute Gasteiger partial charge is 0.494 e. The van der Waals surface area contributed by atoms with Crippen LogP contribution in [0.2, 0.25) is 0 Å². The number of benzene rings is 1. The van der Waals surface area contributed by atoms with E-state index in [1.54, 1.807) is 0 Å². The van der Waals surface area contributed by atoms with E-state index >= 15 is 0 Å². The van der Waals surface area contributed by atoms with Gasteiger partial charge in [-0.15, -0.1) is 11.3 Å². The monoisotopic (exact) mass is 273 g/mol. The van der Waals surface area contributed by atoms with Crippen LogP contribution < -0.4 is 10.1 Å². The van der Waals surface area contributed by atoms with Crippen LogP contribution in [-0.2, 0) is 12.8 Å². The summed E-state index contributed by atoms with van der Waals surface area (Å²) in [6.07, 6.45) is 2.31. The van der Waals surface area contributed by atoms with Crippen LogP contribution in [-0.4, -0.2) is 13.2 Å². The van der Waals surface area contributed by atoms with E-state index in [0.29, 0.717) is 5.92 Å². The molecular formula is C16H19NOS. The van der Waals surface area contributed by atoms with Crippen molar-refractivity contribution in [1.82, 2.24) is 0 Å². The number of ether oxygens (including phenoxy) is 1. The van der Waals surface area contributed by atoms with E-state index in [1.165, 1.54) is 22.5 Å². The molecule has 3 rings (SSSR count). The van der Waals surface area contributed by atoms with E-state index in [-0.39, 0.29) is 0 Å². The molecule has 1 aromatic heterocycles. The lowest BCUT2D eigenvalue weighted by Gasteiger charge is -2.26. The second-order valence-electron chi connectivity index (χ2n) is 4.99. The Bertz CT molecular complexity index is 536. The fourth-order valence-corrected chi connectivity index (χ4v) is 3.48. The number of rotatable bonds is 4.